The maximum Gasteiger partial charge on any atom is 0.407 e. The van der Waals surface area contributed by atoms with Gasteiger partial charge in [0.15, 0.2) is 28.6 Å². The Labute approximate surface area is 283 Å². The molecule has 0 aromatic heterocycles. The van der Waals surface area contributed by atoms with E-state index in [2.05, 4.69) is 20.7 Å². The highest BCUT2D eigenvalue weighted by Crippen LogP contribution is 2.38. The number of likely N-dealkylation sites (tertiary alicyclic amines) is 1. The average Bonchev–Trinajstić information content (AvgIpc) is 3.12. The third-order valence-electron chi connectivity index (χ3n) is 8.31. The number of amides is 4. The van der Waals surface area contributed by atoms with Gasteiger partial charge < -0.3 is 49.3 Å². The lowest BCUT2D eigenvalue weighted by Crippen LogP contribution is -2.59. The first-order chi connectivity index (χ1) is 23.6. The molecule has 260 valence electrons. The summed E-state index contributed by atoms with van der Waals surface area (Å²) in [6.07, 6.45) is -0.311. The van der Waals surface area contributed by atoms with Gasteiger partial charge in [0.1, 0.15) is 24.1 Å². The first-order valence-electron chi connectivity index (χ1n) is 15.8. The van der Waals surface area contributed by atoms with Gasteiger partial charge in [0.2, 0.25) is 5.91 Å². The number of fused-ring (bicyclic) bond motifs is 3. The molecule has 4 amide bonds. The van der Waals surface area contributed by atoms with E-state index in [4.69, 9.17) is 23.7 Å². The van der Waals surface area contributed by atoms with E-state index in [1.54, 1.807) is 72.5 Å². The maximum absolute atomic E-state index is 14.0. The molecule has 1 unspecified atom stereocenters. The number of ether oxygens (including phenoxy) is 6. The van der Waals surface area contributed by atoms with Gasteiger partial charge in [-0.25, -0.2) is 4.79 Å². The number of alkyl carbamates (subject to hydrolysis) is 1. The van der Waals surface area contributed by atoms with E-state index >= 15 is 0 Å². The van der Waals surface area contributed by atoms with E-state index in [-0.39, 0.29) is 63.3 Å². The SMILES string of the molecule is COC(=O)NC(C)C(=O)N1CCC2(CC1)Oc1ccc(cc1)OCCNC(=O)c1ccc(c(OC)c1)Oc1ccc(cc1OC)CNC2=O. The summed E-state index contributed by atoms with van der Waals surface area (Å²) in [5.74, 6) is 1.59. The molecule has 5 aliphatic heterocycles. The third-order valence-corrected chi connectivity index (χ3v) is 8.31. The predicted molar refractivity (Wildman–Crippen MR) is 176 cm³/mol. The van der Waals surface area contributed by atoms with Crippen LogP contribution < -0.4 is 39.6 Å². The van der Waals surface area contributed by atoms with Crippen LogP contribution in [0.5, 0.6) is 34.5 Å². The second kappa shape index (κ2) is 15.5. The number of nitrogens with one attached hydrogen (secondary N) is 3. The Morgan fingerprint density at radius 3 is 2.20 bits per heavy atom. The van der Waals surface area contributed by atoms with Crippen LogP contribution in [0.1, 0.15) is 35.7 Å². The zero-order valence-electron chi connectivity index (χ0n) is 27.8. The van der Waals surface area contributed by atoms with Crippen LogP contribution in [0.4, 0.5) is 4.79 Å². The van der Waals surface area contributed by atoms with Crippen LogP contribution in [-0.2, 0) is 20.9 Å². The van der Waals surface area contributed by atoms with Gasteiger partial charge in [0.25, 0.3) is 11.8 Å². The molecule has 1 saturated heterocycles. The van der Waals surface area contributed by atoms with Gasteiger partial charge >= 0.3 is 6.09 Å². The number of piperidine rings is 1. The number of rotatable bonds is 4. The van der Waals surface area contributed by atoms with Crippen molar-refractivity contribution in [1.82, 2.24) is 20.9 Å². The van der Waals surface area contributed by atoms with Crippen LogP contribution >= 0.6 is 0 Å². The minimum absolute atomic E-state index is 0.156. The normalized spacial score (nSPS) is 16.7. The summed E-state index contributed by atoms with van der Waals surface area (Å²) >= 11 is 0. The summed E-state index contributed by atoms with van der Waals surface area (Å²) < 4.78 is 34.1. The Bertz CT molecular complexity index is 1670. The minimum atomic E-state index is -1.30. The molecule has 1 atom stereocenters. The van der Waals surface area contributed by atoms with E-state index in [0.717, 1.165) is 5.56 Å². The number of hydrogen-bond donors (Lipinski definition) is 3. The molecule has 3 aromatic carbocycles. The fourth-order valence-corrected chi connectivity index (χ4v) is 5.56. The Kier molecular flexibility index (Phi) is 11.0. The van der Waals surface area contributed by atoms with Gasteiger partial charge in [-0.1, -0.05) is 6.07 Å². The van der Waals surface area contributed by atoms with Crippen molar-refractivity contribution in [3.63, 3.8) is 0 Å². The molecule has 3 N–H and O–H groups in total. The second-order valence-electron chi connectivity index (χ2n) is 11.5. The molecule has 8 rings (SSSR count). The van der Waals surface area contributed by atoms with Gasteiger partial charge in [-0.3, -0.25) is 14.4 Å². The molecule has 3 aromatic rings. The number of benzene rings is 3. The fraction of sp³-hybridized carbons (Fsp3) is 0.371. The van der Waals surface area contributed by atoms with E-state index in [9.17, 15) is 19.2 Å². The quantitative estimate of drug-likeness (QED) is 0.373. The van der Waals surface area contributed by atoms with Crippen LogP contribution in [0.3, 0.4) is 0 Å². The molecule has 14 nitrogen and oxygen atoms in total. The van der Waals surface area contributed by atoms with Crippen molar-refractivity contribution in [3.8, 4) is 34.5 Å². The van der Waals surface area contributed by atoms with Crippen molar-refractivity contribution >= 4 is 23.8 Å². The molecule has 49 heavy (non-hydrogen) atoms. The van der Waals surface area contributed by atoms with Crippen LogP contribution in [0, 0.1) is 0 Å². The van der Waals surface area contributed by atoms with Crippen molar-refractivity contribution in [3.05, 3.63) is 71.8 Å². The monoisotopic (exact) mass is 676 g/mol. The summed E-state index contributed by atoms with van der Waals surface area (Å²) in [6.45, 7) is 2.62. The molecule has 0 radical (unpaired) electrons. The molecule has 6 bridgehead atoms. The van der Waals surface area contributed by atoms with E-state index in [1.165, 1.54) is 21.3 Å². The molecular formula is C35H40N4O10. The molecule has 1 fully saturated rings. The maximum atomic E-state index is 14.0. The highest BCUT2D eigenvalue weighted by molar-refractivity contribution is 5.95. The minimum Gasteiger partial charge on any atom is -0.493 e. The fourth-order valence-electron chi connectivity index (χ4n) is 5.56. The second-order valence-corrected chi connectivity index (χ2v) is 11.5. The van der Waals surface area contributed by atoms with Crippen LogP contribution in [-0.4, -0.2) is 87.9 Å². The van der Waals surface area contributed by atoms with Gasteiger partial charge in [0, 0.05) is 38.0 Å². The highest BCUT2D eigenvalue weighted by Gasteiger charge is 2.45. The number of carbonyl (C=O) groups is 4. The Morgan fingerprint density at radius 2 is 1.53 bits per heavy atom. The first kappa shape index (κ1) is 34.7. The van der Waals surface area contributed by atoms with E-state index in [1.807, 2.05) is 0 Å². The van der Waals surface area contributed by atoms with Gasteiger partial charge in [-0.2, -0.15) is 0 Å². The van der Waals surface area contributed by atoms with Crippen molar-refractivity contribution in [2.75, 3.05) is 47.6 Å². The smallest absolute Gasteiger partial charge is 0.407 e. The lowest BCUT2D eigenvalue weighted by molar-refractivity contribution is -0.147. The molecule has 5 aliphatic rings. The molecular weight excluding hydrogens is 636 g/mol. The highest BCUT2D eigenvalue weighted by atomic mass is 16.5. The van der Waals surface area contributed by atoms with Gasteiger partial charge in [-0.15, -0.1) is 0 Å². The number of methoxy groups -OCH3 is 3. The van der Waals surface area contributed by atoms with Crippen molar-refractivity contribution in [1.29, 1.82) is 0 Å². The Morgan fingerprint density at radius 1 is 0.878 bits per heavy atom. The van der Waals surface area contributed by atoms with Gasteiger partial charge in [-0.05, 0) is 67.1 Å². The lowest BCUT2D eigenvalue weighted by atomic mass is 9.89. The summed E-state index contributed by atoms with van der Waals surface area (Å²) in [7, 11) is 4.22. The zero-order chi connectivity index (χ0) is 35.0. The molecule has 1 spiro atoms. The molecule has 14 heteroatoms. The lowest BCUT2D eigenvalue weighted by Gasteiger charge is -2.41. The Balaban J connectivity index is 1.40. The summed E-state index contributed by atoms with van der Waals surface area (Å²) in [4.78, 5) is 53.1. The summed E-state index contributed by atoms with van der Waals surface area (Å²) in [6, 6.07) is 16.2. The van der Waals surface area contributed by atoms with E-state index < -0.39 is 17.7 Å². The zero-order valence-corrected chi connectivity index (χ0v) is 27.8. The van der Waals surface area contributed by atoms with Crippen LogP contribution in [0.15, 0.2) is 60.7 Å². The predicted octanol–water partition coefficient (Wildman–Crippen LogP) is 3.42. The van der Waals surface area contributed by atoms with Crippen molar-refractivity contribution < 1.29 is 47.6 Å². The average molecular weight is 677 g/mol. The van der Waals surface area contributed by atoms with E-state index in [0.29, 0.717) is 40.1 Å². The molecule has 0 aliphatic carbocycles. The number of nitrogens with zero attached hydrogens (tertiary/aromatic N) is 1. The standard InChI is InChI=1S/C35H40N4O10/c1-22(38-34(43)46-4)32(41)39-16-13-35(14-17-39)33(42)37-21-23-5-11-27(29(19-23)44-2)48-28-12-6-24(20-30(28)45-3)31(40)36-15-18-47-25-7-9-26(49-35)10-8-25/h5-12,19-20,22H,13-18,21H2,1-4H3,(H,36,40)(H,37,42)(H,38,43). The number of hydrogen-bond acceptors (Lipinski definition) is 10. The molecule has 5 heterocycles. The van der Waals surface area contributed by atoms with Crippen molar-refractivity contribution in [2.24, 2.45) is 0 Å². The van der Waals surface area contributed by atoms with Crippen LogP contribution in [0.25, 0.3) is 0 Å². The largest absolute Gasteiger partial charge is 0.493 e. The number of carbonyl (C=O) groups excluding carboxylic acids is 4. The topological polar surface area (TPSA) is 163 Å². The third kappa shape index (κ3) is 8.26. The first-order valence-corrected chi connectivity index (χ1v) is 15.8. The van der Waals surface area contributed by atoms with Crippen LogP contribution in [0.2, 0.25) is 0 Å². The Hall–Kier alpha value is -5.66. The summed E-state index contributed by atoms with van der Waals surface area (Å²) in [5.41, 5.74) is -0.173. The van der Waals surface area contributed by atoms with Crippen molar-refractivity contribution in [2.45, 2.75) is 38.0 Å². The van der Waals surface area contributed by atoms with Gasteiger partial charge in [0.05, 0.1) is 27.9 Å². The molecule has 0 saturated carbocycles. The summed E-state index contributed by atoms with van der Waals surface area (Å²) in [5, 5.41) is 8.32.